The van der Waals surface area contributed by atoms with Crippen molar-refractivity contribution >= 4 is 29.0 Å². The van der Waals surface area contributed by atoms with E-state index < -0.39 is 0 Å². The average Bonchev–Trinajstić information content (AvgIpc) is 3.25. The molecule has 0 bridgehead atoms. The summed E-state index contributed by atoms with van der Waals surface area (Å²) in [5, 5.41) is 15.8. The van der Waals surface area contributed by atoms with Crippen LogP contribution in [0.25, 0.3) is 5.69 Å². The van der Waals surface area contributed by atoms with Gasteiger partial charge in [-0.15, -0.1) is 10.2 Å². The van der Waals surface area contributed by atoms with E-state index in [0.717, 1.165) is 34.2 Å². The number of anilines is 2. The zero-order valence-electron chi connectivity index (χ0n) is 19.4. The Bertz CT molecular complexity index is 1250. The monoisotopic (exact) mass is 473 g/mol. The average molecular weight is 474 g/mol. The largest absolute Gasteiger partial charge is 0.497 e. The molecule has 0 aliphatic rings. The molecule has 1 aromatic heterocycles. The molecule has 0 saturated carbocycles. The van der Waals surface area contributed by atoms with Gasteiger partial charge in [0.2, 0.25) is 5.91 Å². The number of rotatable bonds is 9. The molecule has 3 aromatic carbocycles. The van der Waals surface area contributed by atoms with Crippen LogP contribution in [-0.2, 0) is 11.3 Å². The van der Waals surface area contributed by atoms with Crippen molar-refractivity contribution in [3.05, 3.63) is 89.7 Å². The molecule has 174 valence electrons. The minimum absolute atomic E-state index is 0.0980. The Kier molecular flexibility index (Phi) is 7.49. The molecule has 1 heterocycles. The van der Waals surface area contributed by atoms with Crippen molar-refractivity contribution in [1.29, 1.82) is 0 Å². The quantitative estimate of drug-likeness (QED) is 0.324. The van der Waals surface area contributed by atoms with Gasteiger partial charge in [-0.1, -0.05) is 41.6 Å². The third-order valence-corrected chi connectivity index (χ3v) is 6.10. The molecule has 34 heavy (non-hydrogen) atoms. The molecule has 0 fully saturated rings. The summed E-state index contributed by atoms with van der Waals surface area (Å²) in [5.74, 6) is 1.63. The molecular formula is C26H27N5O2S. The standard InChI is InChI=1S/C26H27N5O2S/c1-18-7-9-20(10-8-18)27-16-24-29-30-26(31(24)22-11-13-23(33-3)14-12-22)34-17-25(32)28-21-6-4-5-19(2)15-21/h4-15,27H,16-17H2,1-3H3,(H,28,32). The molecule has 2 N–H and O–H groups in total. The third kappa shape index (κ3) is 5.96. The Labute approximate surface area is 203 Å². The molecule has 0 atom stereocenters. The van der Waals surface area contributed by atoms with Crippen LogP contribution in [0.3, 0.4) is 0 Å². The number of hydrogen-bond donors (Lipinski definition) is 2. The van der Waals surface area contributed by atoms with Crippen molar-refractivity contribution in [3.63, 3.8) is 0 Å². The van der Waals surface area contributed by atoms with E-state index >= 15 is 0 Å². The summed E-state index contributed by atoms with van der Waals surface area (Å²) < 4.78 is 7.26. The van der Waals surface area contributed by atoms with E-state index in [0.29, 0.717) is 11.7 Å². The minimum Gasteiger partial charge on any atom is -0.497 e. The molecule has 0 unspecified atom stereocenters. The van der Waals surface area contributed by atoms with Crippen molar-refractivity contribution in [3.8, 4) is 11.4 Å². The second-order valence-corrected chi connectivity index (χ2v) is 8.80. The van der Waals surface area contributed by atoms with Crippen molar-refractivity contribution in [2.75, 3.05) is 23.5 Å². The minimum atomic E-state index is -0.0980. The predicted octanol–water partition coefficient (Wildman–Crippen LogP) is 5.24. The summed E-state index contributed by atoms with van der Waals surface area (Å²) in [6, 6.07) is 23.6. The van der Waals surface area contributed by atoms with Crippen molar-refractivity contribution < 1.29 is 9.53 Å². The number of ether oxygens (including phenoxy) is 1. The highest BCUT2D eigenvalue weighted by Crippen LogP contribution is 2.25. The van der Waals surface area contributed by atoms with E-state index in [1.807, 2.05) is 72.2 Å². The van der Waals surface area contributed by atoms with Crippen LogP contribution in [-0.4, -0.2) is 33.5 Å². The molecule has 4 rings (SSSR count). The van der Waals surface area contributed by atoms with Crippen LogP contribution in [0.15, 0.2) is 78.0 Å². The first-order chi connectivity index (χ1) is 16.5. The van der Waals surface area contributed by atoms with E-state index in [2.05, 4.69) is 39.9 Å². The fourth-order valence-corrected chi connectivity index (χ4v) is 4.17. The lowest BCUT2D eigenvalue weighted by atomic mass is 10.2. The van der Waals surface area contributed by atoms with Gasteiger partial charge in [-0.25, -0.2) is 0 Å². The predicted molar refractivity (Wildman–Crippen MR) is 137 cm³/mol. The van der Waals surface area contributed by atoms with Gasteiger partial charge in [-0.3, -0.25) is 9.36 Å². The van der Waals surface area contributed by atoms with Gasteiger partial charge in [-0.2, -0.15) is 0 Å². The lowest BCUT2D eigenvalue weighted by molar-refractivity contribution is -0.113. The number of thioether (sulfide) groups is 1. The van der Waals surface area contributed by atoms with Crippen molar-refractivity contribution in [2.24, 2.45) is 0 Å². The Morgan fingerprint density at radius 1 is 0.941 bits per heavy atom. The van der Waals surface area contributed by atoms with Gasteiger partial charge >= 0.3 is 0 Å². The molecule has 0 aliphatic carbocycles. The number of aryl methyl sites for hydroxylation is 2. The van der Waals surface area contributed by atoms with E-state index in [1.54, 1.807) is 7.11 Å². The van der Waals surface area contributed by atoms with Gasteiger partial charge in [0.25, 0.3) is 0 Å². The van der Waals surface area contributed by atoms with E-state index in [1.165, 1.54) is 17.3 Å². The fourth-order valence-electron chi connectivity index (χ4n) is 3.40. The van der Waals surface area contributed by atoms with E-state index in [4.69, 9.17) is 4.74 Å². The lowest BCUT2D eigenvalue weighted by Gasteiger charge is -2.12. The third-order valence-electron chi connectivity index (χ3n) is 5.17. The number of aromatic nitrogens is 3. The first-order valence-electron chi connectivity index (χ1n) is 10.9. The first-order valence-corrected chi connectivity index (χ1v) is 11.9. The highest BCUT2D eigenvalue weighted by Gasteiger charge is 2.16. The van der Waals surface area contributed by atoms with Crippen molar-refractivity contribution in [2.45, 2.75) is 25.5 Å². The summed E-state index contributed by atoms with van der Waals surface area (Å²) in [7, 11) is 1.64. The van der Waals surface area contributed by atoms with Crippen LogP contribution in [0.4, 0.5) is 11.4 Å². The summed E-state index contributed by atoms with van der Waals surface area (Å²) >= 11 is 1.35. The molecule has 0 saturated heterocycles. The molecule has 0 spiro atoms. The zero-order valence-corrected chi connectivity index (χ0v) is 20.2. The topological polar surface area (TPSA) is 81.1 Å². The lowest BCUT2D eigenvalue weighted by Crippen LogP contribution is -2.15. The summed E-state index contributed by atoms with van der Waals surface area (Å²) in [5.41, 5.74) is 4.98. The maximum Gasteiger partial charge on any atom is 0.234 e. The van der Waals surface area contributed by atoms with Crippen LogP contribution >= 0.6 is 11.8 Å². The van der Waals surface area contributed by atoms with E-state index in [-0.39, 0.29) is 11.7 Å². The number of methoxy groups -OCH3 is 1. The van der Waals surface area contributed by atoms with Crippen LogP contribution < -0.4 is 15.4 Å². The SMILES string of the molecule is COc1ccc(-n2c(CNc3ccc(C)cc3)nnc2SCC(=O)Nc2cccc(C)c2)cc1. The second kappa shape index (κ2) is 10.9. The van der Waals surface area contributed by atoms with Crippen LogP contribution in [0, 0.1) is 13.8 Å². The maximum absolute atomic E-state index is 12.6. The number of nitrogens with one attached hydrogen (secondary N) is 2. The van der Waals surface area contributed by atoms with Gasteiger partial charge in [0.05, 0.1) is 19.4 Å². The fraction of sp³-hybridized carbons (Fsp3) is 0.192. The summed E-state index contributed by atoms with van der Waals surface area (Å²) in [6.07, 6.45) is 0. The van der Waals surface area contributed by atoms with Crippen molar-refractivity contribution in [1.82, 2.24) is 14.8 Å². The number of carbonyl (C=O) groups excluding carboxylic acids is 1. The molecule has 0 radical (unpaired) electrons. The first kappa shape index (κ1) is 23.4. The zero-order chi connectivity index (χ0) is 23.9. The second-order valence-electron chi connectivity index (χ2n) is 7.86. The molecular weight excluding hydrogens is 446 g/mol. The number of carbonyl (C=O) groups is 1. The van der Waals surface area contributed by atoms with Gasteiger partial charge < -0.3 is 15.4 Å². The van der Waals surface area contributed by atoms with Crippen LogP contribution in [0.5, 0.6) is 5.75 Å². The molecule has 0 aliphatic heterocycles. The van der Waals surface area contributed by atoms with Gasteiger partial charge in [0, 0.05) is 17.1 Å². The highest BCUT2D eigenvalue weighted by molar-refractivity contribution is 7.99. The summed E-state index contributed by atoms with van der Waals surface area (Å²) in [6.45, 7) is 4.54. The maximum atomic E-state index is 12.6. The number of amides is 1. The molecule has 1 amide bonds. The molecule has 4 aromatic rings. The Morgan fingerprint density at radius 2 is 1.71 bits per heavy atom. The van der Waals surface area contributed by atoms with Gasteiger partial charge in [0.15, 0.2) is 11.0 Å². The Hall–Kier alpha value is -3.78. The van der Waals surface area contributed by atoms with Crippen LogP contribution in [0.2, 0.25) is 0 Å². The molecule has 7 nitrogen and oxygen atoms in total. The van der Waals surface area contributed by atoms with E-state index in [9.17, 15) is 4.79 Å². The Morgan fingerprint density at radius 3 is 2.41 bits per heavy atom. The molecule has 8 heteroatoms. The Balaban J connectivity index is 1.52. The summed E-state index contributed by atoms with van der Waals surface area (Å²) in [4.78, 5) is 12.6. The number of benzene rings is 3. The number of nitrogens with zero attached hydrogens (tertiary/aromatic N) is 3. The number of hydrogen-bond acceptors (Lipinski definition) is 6. The highest BCUT2D eigenvalue weighted by atomic mass is 32.2. The normalized spacial score (nSPS) is 10.7. The van der Waals surface area contributed by atoms with Gasteiger partial charge in [-0.05, 0) is 67.9 Å². The van der Waals surface area contributed by atoms with Gasteiger partial charge in [0.1, 0.15) is 5.75 Å². The van der Waals surface area contributed by atoms with Crippen LogP contribution in [0.1, 0.15) is 17.0 Å². The smallest absolute Gasteiger partial charge is 0.234 e.